The van der Waals surface area contributed by atoms with Crippen molar-refractivity contribution in [1.29, 1.82) is 0 Å². The normalized spacial score (nSPS) is 18.9. The third-order valence-corrected chi connectivity index (χ3v) is 3.62. The number of carboxylic acids is 2. The highest BCUT2D eigenvalue weighted by Gasteiger charge is 2.29. The highest BCUT2D eigenvalue weighted by atomic mass is 16.4. The molecule has 2 fully saturated rings. The number of hydrogen-bond donors (Lipinski definition) is 2. The van der Waals surface area contributed by atoms with Crippen molar-refractivity contribution in [2.45, 2.75) is 44.9 Å². The number of aliphatic carboxylic acids is 2. The summed E-state index contributed by atoms with van der Waals surface area (Å²) in [6, 6.07) is 0. The van der Waals surface area contributed by atoms with Gasteiger partial charge in [-0.05, 0) is 25.7 Å². The van der Waals surface area contributed by atoms with Gasteiger partial charge in [0.1, 0.15) is 0 Å². The molecular formula is C13H18O6. The summed E-state index contributed by atoms with van der Waals surface area (Å²) >= 11 is 0. The van der Waals surface area contributed by atoms with Gasteiger partial charge in [-0.1, -0.05) is 19.3 Å². The van der Waals surface area contributed by atoms with Crippen LogP contribution in [0.1, 0.15) is 44.9 Å². The van der Waals surface area contributed by atoms with E-state index in [0.29, 0.717) is 0 Å². The summed E-state index contributed by atoms with van der Waals surface area (Å²) < 4.78 is 0. The Balaban J connectivity index is 0.000000191. The maximum absolute atomic E-state index is 10.7. The number of carbonyl (C=O) groups is 4. The van der Waals surface area contributed by atoms with E-state index >= 15 is 0 Å². The van der Waals surface area contributed by atoms with Gasteiger partial charge < -0.3 is 10.2 Å². The lowest BCUT2D eigenvalue weighted by molar-refractivity contribution is -0.152. The molecule has 0 heterocycles. The molecule has 0 aromatic carbocycles. The van der Waals surface area contributed by atoms with Crippen LogP contribution in [0.15, 0.2) is 0 Å². The second kappa shape index (κ2) is 7.01. The van der Waals surface area contributed by atoms with Crippen molar-refractivity contribution in [2.24, 2.45) is 11.8 Å². The first-order valence-electron chi connectivity index (χ1n) is 6.47. The van der Waals surface area contributed by atoms with Crippen molar-refractivity contribution in [3.05, 3.63) is 0 Å². The van der Waals surface area contributed by atoms with Gasteiger partial charge in [0.2, 0.25) is 11.6 Å². The minimum atomic E-state index is -1.28. The molecule has 0 spiro atoms. The zero-order valence-corrected chi connectivity index (χ0v) is 10.6. The molecule has 0 amide bonds. The molecule has 6 heteroatoms. The third-order valence-electron chi connectivity index (χ3n) is 3.62. The minimum absolute atomic E-state index is 0.164. The molecule has 2 aliphatic rings. The van der Waals surface area contributed by atoms with Gasteiger partial charge in [-0.2, -0.15) is 0 Å². The summed E-state index contributed by atoms with van der Waals surface area (Å²) in [5.74, 6) is -4.11. The molecule has 0 aromatic rings. The third kappa shape index (κ3) is 4.46. The second-order valence-electron chi connectivity index (χ2n) is 4.95. The Morgan fingerprint density at radius 1 is 0.632 bits per heavy atom. The van der Waals surface area contributed by atoms with Gasteiger partial charge in [0, 0.05) is 11.8 Å². The number of Topliss-reactive ketones (excluding diaryl/α,β-unsaturated/α-hetero) is 2. The average Bonchev–Trinajstić information content (AvgIpc) is 2.79. The molecule has 2 rings (SSSR count). The van der Waals surface area contributed by atoms with E-state index in [-0.39, 0.29) is 11.8 Å². The zero-order chi connectivity index (χ0) is 14.4. The van der Waals surface area contributed by atoms with Crippen LogP contribution < -0.4 is 0 Å². The van der Waals surface area contributed by atoms with Crippen molar-refractivity contribution < 1.29 is 29.4 Å². The lowest BCUT2D eigenvalue weighted by Gasteiger charge is -2.21. The van der Waals surface area contributed by atoms with Crippen LogP contribution in [0.5, 0.6) is 0 Å². The topological polar surface area (TPSA) is 109 Å². The van der Waals surface area contributed by atoms with E-state index in [1.807, 2.05) is 0 Å². The maximum Gasteiger partial charge on any atom is 0.372 e. The van der Waals surface area contributed by atoms with Gasteiger partial charge in [-0.3, -0.25) is 9.59 Å². The van der Waals surface area contributed by atoms with Gasteiger partial charge in [-0.25, -0.2) is 9.59 Å². The number of rotatable bonds is 4. The first-order valence-corrected chi connectivity index (χ1v) is 6.47. The molecule has 2 N–H and O–H groups in total. The zero-order valence-electron chi connectivity index (χ0n) is 10.6. The Bertz CT molecular complexity index is 377. The Labute approximate surface area is 110 Å². The van der Waals surface area contributed by atoms with Gasteiger partial charge in [0.05, 0.1) is 0 Å². The number of ketones is 2. The van der Waals surface area contributed by atoms with E-state index in [2.05, 4.69) is 0 Å². The predicted molar refractivity (Wildman–Crippen MR) is 64.6 cm³/mol. The molecule has 0 unspecified atom stereocenters. The SMILES string of the molecule is O=C(O)C(=O)C1CCC1.O=C(O)C(=O)C1CCCC1. The standard InChI is InChI=1S/C7H10O3.C6H8O3/c8-6(7(9)10)5-3-1-2-4-5;7-5(6(8)9)4-2-1-3-4/h5H,1-4H2,(H,9,10);4H,1-3H2,(H,8,9). The van der Waals surface area contributed by atoms with Crippen LogP contribution >= 0.6 is 0 Å². The molecule has 0 bridgehead atoms. The Morgan fingerprint density at radius 3 is 1.16 bits per heavy atom. The fourth-order valence-electron chi connectivity index (χ4n) is 2.21. The van der Waals surface area contributed by atoms with E-state index in [0.717, 1.165) is 44.9 Å². The molecule has 0 aromatic heterocycles. The molecule has 106 valence electrons. The second-order valence-corrected chi connectivity index (χ2v) is 4.95. The Morgan fingerprint density at radius 2 is 0.947 bits per heavy atom. The highest BCUT2D eigenvalue weighted by Crippen LogP contribution is 2.27. The summed E-state index contributed by atoms with van der Waals surface area (Å²) in [6.45, 7) is 0. The molecule has 0 saturated heterocycles. The van der Waals surface area contributed by atoms with Crippen molar-refractivity contribution in [2.75, 3.05) is 0 Å². The summed E-state index contributed by atoms with van der Waals surface area (Å²) in [4.78, 5) is 41.4. The van der Waals surface area contributed by atoms with Gasteiger partial charge in [-0.15, -0.1) is 0 Å². The van der Waals surface area contributed by atoms with Crippen molar-refractivity contribution in [1.82, 2.24) is 0 Å². The van der Waals surface area contributed by atoms with Crippen molar-refractivity contribution in [3.63, 3.8) is 0 Å². The van der Waals surface area contributed by atoms with Gasteiger partial charge >= 0.3 is 11.9 Å². The fraction of sp³-hybridized carbons (Fsp3) is 0.692. The van der Waals surface area contributed by atoms with Crippen LogP contribution in [-0.4, -0.2) is 33.7 Å². The smallest absolute Gasteiger partial charge is 0.372 e. The lowest BCUT2D eigenvalue weighted by Crippen LogP contribution is -2.28. The molecule has 6 nitrogen and oxygen atoms in total. The van der Waals surface area contributed by atoms with Crippen LogP contribution in [-0.2, 0) is 19.2 Å². The summed E-state index contributed by atoms with van der Waals surface area (Å²) in [5, 5.41) is 16.5. The van der Waals surface area contributed by atoms with E-state index < -0.39 is 23.5 Å². The molecule has 2 aliphatic carbocycles. The molecule has 19 heavy (non-hydrogen) atoms. The number of hydrogen-bond acceptors (Lipinski definition) is 4. The van der Waals surface area contributed by atoms with E-state index in [1.54, 1.807) is 0 Å². The minimum Gasteiger partial charge on any atom is -0.475 e. The largest absolute Gasteiger partial charge is 0.475 e. The van der Waals surface area contributed by atoms with Gasteiger partial charge in [0.15, 0.2) is 0 Å². The molecule has 0 aliphatic heterocycles. The predicted octanol–water partition coefficient (Wildman–Crippen LogP) is 1.27. The van der Waals surface area contributed by atoms with Crippen LogP contribution in [0, 0.1) is 11.8 Å². The van der Waals surface area contributed by atoms with E-state index in [4.69, 9.17) is 10.2 Å². The Kier molecular flexibility index (Phi) is 5.66. The maximum atomic E-state index is 10.7. The van der Waals surface area contributed by atoms with Crippen LogP contribution in [0.3, 0.4) is 0 Å². The molecule has 0 radical (unpaired) electrons. The Hall–Kier alpha value is -1.72. The van der Waals surface area contributed by atoms with Crippen molar-refractivity contribution >= 4 is 23.5 Å². The van der Waals surface area contributed by atoms with Gasteiger partial charge in [0.25, 0.3) is 0 Å². The highest BCUT2D eigenvalue weighted by molar-refractivity contribution is 6.34. The quantitative estimate of drug-likeness (QED) is 0.744. The summed E-state index contributed by atoms with van der Waals surface area (Å²) in [6.07, 6.45) is 6.09. The number of carbonyl (C=O) groups excluding carboxylic acids is 2. The fourth-order valence-corrected chi connectivity index (χ4v) is 2.21. The molecular weight excluding hydrogens is 252 g/mol. The molecule has 2 saturated carbocycles. The summed E-state index contributed by atoms with van der Waals surface area (Å²) in [5.41, 5.74) is 0. The summed E-state index contributed by atoms with van der Waals surface area (Å²) in [7, 11) is 0. The molecule has 0 atom stereocenters. The number of carboxylic acid groups (broad SMARTS) is 2. The first-order chi connectivity index (χ1) is 8.93. The van der Waals surface area contributed by atoms with E-state index in [1.165, 1.54) is 0 Å². The van der Waals surface area contributed by atoms with Crippen LogP contribution in [0.4, 0.5) is 0 Å². The average molecular weight is 270 g/mol. The first kappa shape index (κ1) is 15.3. The van der Waals surface area contributed by atoms with Crippen molar-refractivity contribution in [3.8, 4) is 0 Å². The van der Waals surface area contributed by atoms with Crippen LogP contribution in [0.2, 0.25) is 0 Å². The monoisotopic (exact) mass is 270 g/mol. The lowest BCUT2D eigenvalue weighted by atomic mass is 9.82. The van der Waals surface area contributed by atoms with Crippen LogP contribution in [0.25, 0.3) is 0 Å². The van der Waals surface area contributed by atoms with E-state index in [9.17, 15) is 19.2 Å².